The summed E-state index contributed by atoms with van der Waals surface area (Å²) in [5.41, 5.74) is 9.68. The molecule has 3 aliphatic heterocycles. The van der Waals surface area contributed by atoms with Gasteiger partial charge in [0.15, 0.2) is 5.65 Å². The molecule has 2 aromatic carbocycles. The van der Waals surface area contributed by atoms with E-state index in [0.717, 1.165) is 71.8 Å². The molecule has 1 aliphatic carbocycles. The van der Waals surface area contributed by atoms with E-state index in [1.807, 2.05) is 54.6 Å². The standard InChI is InChI=1S/C33H40N8O.ClH/c34-31-29-30(23-6-8-28(9-7-23)42-27-4-2-1-3-5-27)38-41(32(29)37-22-36-31)25-12-16-39(17-13-25)24-10-14-33(15-11-24)20-40(21-33)26-18-35-19-26;/h1-9,22,24-26,35H,10-21H2,(H2,34,36,37);1H. The lowest BCUT2D eigenvalue weighted by atomic mass is 9.66. The van der Waals surface area contributed by atoms with Crippen LogP contribution in [0.3, 0.4) is 0 Å². The van der Waals surface area contributed by atoms with Crippen molar-refractivity contribution >= 4 is 29.3 Å². The van der Waals surface area contributed by atoms with Gasteiger partial charge < -0.3 is 20.7 Å². The van der Waals surface area contributed by atoms with Gasteiger partial charge in [-0.15, -0.1) is 12.4 Å². The summed E-state index contributed by atoms with van der Waals surface area (Å²) in [6.45, 7) is 7.27. The molecule has 3 N–H and O–H groups in total. The first-order valence-corrected chi connectivity index (χ1v) is 15.7. The lowest BCUT2D eigenvalue weighted by Crippen LogP contribution is -2.68. The fourth-order valence-corrected chi connectivity index (χ4v) is 7.75. The number of anilines is 1. The van der Waals surface area contributed by atoms with Gasteiger partial charge in [0.2, 0.25) is 0 Å². The number of aromatic nitrogens is 4. The molecule has 2 aromatic heterocycles. The van der Waals surface area contributed by atoms with E-state index in [2.05, 4.69) is 29.8 Å². The zero-order valence-electron chi connectivity index (χ0n) is 24.6. The molecule has 4 aromatic rings. The quantitative estimate of drug-likeness (QED) is 0.314. The maximum Gasteiger partial charge on any atom is 0.164 e. The van der Waals surface area contributed by atoms with Crippen LogP contribution >= 0.6 is 12.4 Å². The van der Waals surface area contributed by atoms with Gasteiger partial charge in [0, 0.05) is 56.9 Å². The topological polar surface area (TPSA) is 97.4 Å². The van der Waals surface area contributed by atoms with E-state index < -0.39 is 0 Å². The molecular weight excluding hydrogens is 560 g/mol. The second-order valence-corrected chi connectivity index (χ2v) is 12.9. The fourth-order valence-electron chi connectivity index (χ4n) is 7.75. The lowest BCUT2D eigenvalue weighted by molar-refractivity contribution is -0.0792. The van der Waals surface area contributed by atoms with Gasteiger partial charge >= 0.3 is 0 Å². The Morgan fingerprint density at radius 1 is 0.791 bits per heavy atom. The van der Waals surface area contributed by atoms with E-state index in [1.54, 1.807) is 6.33 Å². The Bertz CT molecular complexity index is 1530. The van der Waals surface area contributed by atoms with Crippen molar-refractivity contribution in [2.45, 2.75) is 56.7 Å². The minimum atomic E-state index is 0. The molecular formula is C33H41ClN8O. The van der Waals surface area contributed by atoms with E-state index in [-0.39, 0.29) is 12.4 Å². The molecule has 10 heteroatoms. The van der Waals surface area contributed by atoms with Crippen LogP contribution < -0.4 is 15.8 Å². The van der Waals surface area contributed by atoms with E-state index in [0.29, 0.717) is 17.3 Å². The van der Waals surface area contributed by atoms with Gasteiger partial charge in [0.25, 0.3) is 0 Å². The predicted octanol–water partition coefficient (Wildman–Crippen LogP) is 5.14. The van der Waals surface area contributed by atoms with Crippen LogP contribution in [-0.4, -0.2) is 80.9 Å². The van der Waals surface area contributed by atoms with Crippen LogP contribution in [0.5, 0.6) is 11.5 Å². The average molecular weight is 601 g/mol. The molecule has 5 heterocycles. The number of hydrogen-bond donors (Lipinski definition) is 2. The first-order chi connectivity index (χ1) is 20.6. The van der Waals surface area contributed by atoms with Gasteiger partial charge in [-0.3, -0.25) is 4.90 Å². The maximum absolute atomic E-state index is 6.42. The number of halogens is 1. The zero-order valence-corrected chi connectivity index (χ0v) is 25.4. The minimum Gasteiger partial charge on any atom is -0.457 e. The Hall–Kier alpha value is -3.24. The third kappa shape index (κ3) is 5.37. The number of nitrogen functional groups attached to an aromatic ring is 1. The summed E-state index contributed by atoms with van der Waals surface area (Å²) >= 11 is 0. The molecule has 0 atom stereocenters. The van der Waals surface area contributed by atoms with Crippen molar-refractivity contribution in [2.75, 3.05) is 45.0 Å². The Kier molecular flexibility index (Phi) is 7.75. The van der Waals surface area contributed by atoms with Gasteiger partial charge in [-0.2, -0.15) is 5.10 Å². The highest BCUT2D eigenvalue weighted by Crippen LogP contribution is 2.46. The summed E-state index contributed by atoms with van der Waals surface area (Å²) in [6, 6.07) is 19.7. The summed E-state index contributed by atoms with van der Waals surface area (Å²) < 4.78 is 8.13. The third-order valence-electron chi connectivity index (χ3n) is 10.4. The third-order valence-corrected chi connectivity index (χ3v) is 10.4. The molecule has 4 fully saturated rings. The first kappa shape index (κ1) is 28.5. The molecule has 0 unspecified atom stereocenters. The van der Waals surface area contributed by atoms with Crippen molar-refractivity contribution < 1.29 is 4.74 Å². The van der Waals surface area contributed by atoms with Crippen LogP contribution in [0, 0.1) is 5.41 Å². The predicted molar refractivity (Wildman–Crippen MR) is 172 cm³/mol. The summed E-state index contributed by atoms with van der Waals surface area (Å²) in [4.78, 5) is 14.5. The molecule has 0 amide bonds. The van der Waals surface area contributed by atoms with Crippen LogP contribution in [0.4, 0.5) is 5.82 Å². The molecule has 8 rings (SSSR count). The highest BCUT2D eigenvalue weighted by molar-refractivity contribution is 5.98. The second-order valence-electron chi connectivity index (χ2n) is 12.9. The van der Waals surface area contributed by atoms with E-state index in [9.17, 15) is 0 Å². The highest BCUT2D eigenvalue weighted by Gasteiger charge is 2.48. The summed E-state index contributed by atoms with van der Waals surface area (Å²) in [7, 11) is 0. The van der Waals surface area contributed by atoms with Gasteiger partial charge in [0.1, 0.15) is 29.3 Å². The van der Waals surface area contributed by atoms with Gasteiger partial charge in [0.05, 0.1) is 11.4 Å². The van der Waals surface area contributed by atoms with Crippen LogP contribution in [0.15, 0.2) is 60.9 Å². The Morgan fingerprint density at radius 2 is 1.49 bits per heavy atom. The van der Waals surface area contributed by atoms with Crippen molar-refractivity contribution in [3.05, 3.63) is 60.9 Å². The van der Waals surface area contributed by atoms with Gasteiger partial charge in [-0.25, -0.2) is 14.6 Å². The molecule has 4 aliphatic rings. The molecule has 0 bridgehead atoms. The average Bonchev–Trinajstić information content (AvgIpc) is 3.38. The molecule has 43 heavy (non-hydrogen) atoms. The molecule has 226 valence electrons. The largest absolute Gasteiger partial charge is 0.457 e. The van der Waals surface area contributed by atoms with E-state index in [1.165, 1.54) is 51.9 Å². The molecule has 0 radical (unpaired) electrons. The van der Waals surface area contributed by atoms with Crippen molar-refractivity contribution in [1.29, 1.82) is 0 Å². The van der Waals surface area contributed by atoms with Crippen LogP contribution in [-0.2, 0) is 0 Å². The summed E-state index contributed by atoms with van der Waals surface area (Å²) in [6.07, 6.45) is 9.21. The smallest absolute Gasteiger partial charge is 0.164 e. The molecule has 1 spiro atoms. The second kappa shape index (κ2) is 11.7. The number of rotatable bonds is 6. The Labute approximate surface area is 259 Å². The number of likely N-dealkylation sites (tertiary alicyclic amines) is 2. The number of nitrogens with two attached hydrogens (primary N) is 1. The first-order valence-electron chi connectivity index (χ1n) is 15.7. The minimum absolute atomic E-state index is 0. The number of piperidine rings is 1. The number of benzene rings is 2. The number of hydrogen-bond acceptors (Lipinski definition) is 8. The molecule has 3 saturated heterocycles. The number of para-hydroxylation sites is 1. The van der Waals surface area contributed by atoms with Gasteiger partial charge in [-0.05, 0) is 80.3 Å². The summed E-state index contributed by atoms with van der Waals surface area (Å²) in [5, 5.41) is 9.39. The Morgan fingerprint density at radius 3 is 2.16 bits per heavy atom. The normalized spacial score (nSPS) is 21.8. The summed E-state index contributed by atoms with van der Waals surface area (Å²) in [5.74, 6) is 2.07. The number of nitrogens with zero attached hydrogens (tertiary/aromatic N) is 6. The monoisotopic (exact) mass is 600 g/mol. The number of ether oxygens (including phenoxy) is 1. The number of fused-ring (bicyclic) bond motifs is 1. The van der Waals surface area contributed by atoms with Crippen LogP contribution in [0.25, 0.3) is 22.3 Å². The fraction of sp³-hybridized carbons (Fsp3) is 0.485. The van der Waals surface area contributed by atoms with E-state index in [4.69, 9.17) is 15.6 Å². The van der Waals surface area contributed by atoms with Crippen molar-refractivity contribution in [2.24, 2.45) is 5.41 Å². The van der Waals surface area contributed by atoms with Crippen LogP contribution in [0.1, 0.15) is 44.6 Å². The van der Waals surface area contributed by atoms with Crippen molar-refractivity contribution in [3.63, 3.8) is 0 Å². The number of nitrogens with one attached hydrogen (secondary N) is 1. The molecule has 1 saturated carbocycles. The zero-order chi connectivity index (χ0) is 28.1. The van der Waals surface area contributed by atoms with E-state index >= 15 is 0 Å². The van der Waals surface area contributed by atoms with Crippen molar-refractivity contribution in [1.82, 2.24) is 34.9 Å². The van der Waals surface area contributed by atoms with Crippen LogP contribution in [0.2, 0.25) is 0 Å². The SMILES string of the molecule is Cl.Nc1ncnc2c1c(-c1ccc(Oc3ccccc3)cc1)nn2C1CCN(C2CCC3(CC2)CN(C2CNC2)C3)CC1. The Balaban J connectivity index is 0.00000300. The van der Waals surface area contributed by atoms with Gasteiger partial charge in [-0.1, -0.05) is 18.2 Å². The highest BCUT2D eigenvalue weighted by atomic mass is 35.5. The molecule has 9 nitrogen and oxygen atoms in total. The lowest BCUT2D eigenvalue weighted by Gasteiger charge is -2.58. The van der Waals surface area contributed by atoms with Crippen molar-refractivity contribution in [3.8, 4) is 22.8 Å². The maximum atomic E-state index is 6.42.